The van der Waals surface area contributed by atoms with Crippen LogP contribution in [0.5, 0.6) is 11.6 Å². The van der Waals surface area contributed by atoms with E-state index in [0.717, 1.165) is 17.5 Å². The molecule has 0 N–H and O–H groups in total. The first-order chi connectivity index (χ1) is 20.5. The Bertz CT molecular complexity index is 1760. The Labute approximate surface area is 245 Å². The van der Waals surface area contributed by atoms with E-state index in [-0.39, 0.29) is 25.0 Å². The molecule has 9 nitrogen and oxygen atoms in total. The number of pyridine rings is 2. The van der Waals surface area contributed by atoms with E-state index in [0.29, 0.717) is 52.4 Å². The molecule has 42 heavy (non-hydrogen) atoms. The van der Waals surface area contributed by atoms with Crippen LogP contribution >= 0.6 is 11.6 Å². The molecule has 4 heterocycles. The quantitative estimate of drug-likeness (QED) is 0.183. The molecule has 6 rings (SSSR count). The number of aromatic nitrogens is 4. The molecule has 1 atom stereocenters. The summed E-state index contributed by atoms with van der Waals surface area (Å²) in [6.07, 6.45) is 2.63. The number of nitrogens with zero attached hydrogens (tertiary/aromatic N) is 4. The van der Waals surface area contributed by atoms with Crippen molar-refractivity contribution in [2.75, 3.05) is 13.7 Å². The summed E-state index contributed by atoms with van der Waals surface area (Å²) in [5.74, 6) is 0.695. The molecule has 1 fully saturated rings. The fourth-order valence-electron chi connectivity index (χ4n) is 4.57. The fourth-order valence-corrected chi connectivity index (χ4v) is 4.73. The largest absolute Gasteiger partial charge is 0.489 e. The van der Waals surface area contributed by atoms with E-state index in [2.05, 4.69) is 9.97 Å². The Kier molecular flexibility index (Phi) is 7.98. The number of carbonyl (C=O) groups excluding carboxylic acids is 1. The maximum atomic E-state index is 14.2. The van der Waals surface area contributed by atoms with Crippen molar-refractivity contribution >= 4 is 28.7 Å². The normalized spacial score (nSPS) is 14.4. The van der Waals surface area contributed by atoms with Gasteiger partial charge < -0.3 is 23.5 Å². The summed E-state index contributed by atoms with van der Waals surface area (Å²) in [4.78, 5) is 25.6. The highest BCUT2D eigenvalue weighted by Gasteiger charge is 2.23. The van der Waals surface area contributed by atoms with Gasteiger partial charge in [-0.1, -0.05) is 29.8 Å². The second-order valence-corrected chi connectivity index (χ2v) is 10.1. The Morgan fingerprint density at radius 2 is 1.90 bits per heavy atom. The van der Waals surface area contributed by atoms with E-state index in [1.54, 1.807) is 30.5 Å². The zero-order valence-corrected chi connectivity index (χ0v) is 23.4. The minimum absolute atomic E-state index is 0.0388. The molecule has 0 unspecified atom stereocenters. The molecule has 0 spiro atoms. The van der Waals surface area contributed by atoms with Crippen LogP contribution in [0.15, 0.2) is 72.9 Å². The Morgan fingerprint density at radius 3 is 2.69 bits per heavy atom. The maximum Gasteiger partial charge on any atom is 0.356 e. The zero-order valence-electron chi connectivity index (χ0n) is 22.6. The van der Waals surface area contributed by atoms with Gasteiger partial charge >= 0.3 is 5.97 Å². The Balaban J connectivity index is 1.19. The van der Waals surface area contributed by atoms with Gasteiger partial charge in [0.05, 0.1) is 19.8 Å². The summed E-state index contributed by atoms with van der Waals surface area (Å²) >= 11 is 5.84. The summed E-state index contributed by atoms with van der Waals surface area (Å²) in [7, 11) is 1.32. The van der Waals surface area contributed by atoms with Gasteiger partial charge in [0.25, 0.3) is 0 Å². The van der Waals surface area contributed by atoms with Crippen LogP contribution in [0.2, 0.25) is 5.02 Å². The van der Waals surface area contributed by atoms with Crippen LogP contribution in [0, 0.1) is 5.82 Å². The van der Waals surface area contributed by atoms with E-state index < -0.39 is 11.8 Å². The molecule has 1 aliphatic heterocycles. The van der Waals surface area contributed by atoms with Crippen LogP contribution in [0.4, 0.5) is 4.39 Å². The van der Waals surface area contributed by atoms with Gasteiger partial charge in [0, 0.05) is 29.5 Å². The predicted molar refractivity (Wildman–Crippen MR) is 153 cm³/mol. The van der Waals surface area contributed by atoms with Crippen LogP contribution in [0.1, 0.15) is 28.3 Å². The van der Waals surface area contributed by atoms with E-state index in [9.17, 15) is 9.18 Å². The number of fused-ring (bicyclic) bond motifs is 1. The van der Waals surface area contributed by atoms with E-state index >= 15 is 0 Å². The molecule has 11 heteroatoms. The monoisotopic (exact) mass is 588 g/mol. The van der Waals surface area contributed by atoms with Crippen LogP contribution < -0.4 is 9.47 Å². The van der Waals surface area contributed by atoms with Gasteiger partial charge in [-0.2, -0.15) is 0 Å². The lowest BCUT2D eigenvalue weighted by atomic mass is 10.1. The van der Waals surface area contributed by atoms with Crippen molar-refractivity contribution in [1.29, 1.82) is 0 Å². The van der Waals surface area contributed by atoms with E-state index in [4.69, 9.17) is 35.5 Å². The fraction of sp³-hybridized carbons (Fsp3) is 0.226. The predicted octanol–water partition coefficient (Wildman–Crippen LogP) is 6.02. The minimum atomic E-state index is -0.519. The smallest absolute Gasteiger partial charge is 0.356 e. The van der Waals surface area contributed by atoms with Crippen molar-refractivity contribution in [2.45, 2.75) is 32.3 Å². The number of carbonyl (C=O) groups is 1. The Hall–Kier alpha value is -4.54. The molecule has 0 saturated carbocycles. The van der Waals surface area contributed by atoms with Gasteiger partial charge in [-0.25, -0.2) is 24.1 Å². The molecule has 2 aromatic carbocycles. The third-order valence-corrected chi connectivity index (χ3v) is 7.14. The number of methoxy groups -OCH3 is 1. The molecule has 0 bridgehead atoms. The summed E-state index contributed by atoms with van der Waals surface area (Å²) in [5, 5.41) is 0.336. The molecule has 3 aromatic heterocycles. The maximum absolute atomic E-state index is 14.2. The second-order valence-electron chi connectivity index (χ2n) is 9.67. The average Bonchev–Trinajstić information content (AvgIpc) is 3.33. The number of imidazole rings is 1. The van der Waals surface area contributed by atoms with Gasteiger partial charge in [0.1, 0.15) is 36.1 Å². The summed E-state index contributed by atoms with van der Waals surface area (Å²) in [5.41, 5.74) is 3.55. The SMILES string of the molecule is COC(=O)c1ccc2nc(COc3cc(-c4cccc(OCc5ccc(Cl)cc5F)c4)ccn3)n(C[C@@H]3CCO3)c2n1. The van der Waals surface area contributed by atoms with Crippen molar-refractivity contribution < 1.29 is 28.1 Å². The van der Waals surface area contributed by atoms with E-state index in [1.165, 1.54) is 13.2 Å². The molecule has 0 amide bonds. The average molecular weight is 589 g/mol. The number of ether oxygens (including phenoxy) is 4. The third-order valence-electron chi connectivity index (χ3n) is 6.91. The second kappa shape index (κ2) is 12.1. The number of hydrogen-bond donors (Lipinski definition) is 0. The standard InChI is InChI=1S/C31H26ClFN4O5/c1-39-31(38)27-8-7-26-30(36-27)37(16-24-10-12-40-24)28(35-26)18-42-29-14-20(9-11-34-29)19-3-2-4-23(13-19)41-17-21-5-6-22(32)15-25(21)33/h2-9,11,13-15,24H,10,12,16-18H2,1H3/t24-/m0/s1. The number of halogens is 2. The summed E-state index contributed by atoms with van der Waals surface area (Å²) in [6, 6.07) is 19.0. The van der Waals surface area contributed by atoms with Crippen molar-refractivity contribution in [3.8, 4) is 22.8 Å². The van der Waals surface area contributed by atoms with Crippen molar-refractivity contribution in [3.63, 3.8) is 0 Å². The lowest BCUT2D eigenvalue weighted by molar-refractivity contribution is -0.0593. The topological polar surface area (TPSA) is 97.6 Å². The number of hydrogen-bond acceptors (Lipinski definition) is 8. The van der Waals surface area contributed by atoms with Gasteiger partial charge in [0.15, 0.2) is 11.3 Å². The number of benzene rings is 2. The highest BCUT2D eigenvalue weighted by Crippen LogP contribution is 2.28. The zero-order chi connectivity index (χ0) is 29.1. The first-order valence-corrected chi connectivity index (χ1v) is 13.7. The molecule has 5 aromatic rings. The van der Waals surface area contributed by atoms with Crippen LogP contribution in [0.3, 0.4) is 0 Å². The molecule has 0 radical (unpaired) electrons. The highest BCUT2D eigenvalue weighted by atomic mass is 35.5. The lowest BCUT2D eigenvalue weighted by Crippen LogP contribution is -2.32. The molecular weight excluding hydrogens is 563 g/mol. The van der Waals surface area contributed by atoms with Crippen molar-refractivity contribution in [1.82, 2.24) is 19.5 Å². The molecule has 1 saturated heterocycles. The minimum Gasteiger partial charge on any atom is -0.489 e. The lowest BCUT2D eigenvalue weighted by Gasteiger charge is -2.27. The van der Waals surface area contributed by atoms with Crippen molar-refractivity contribution in [3.05, 3.63) is 101 Å². The number of rotatable bonds is 10. The first kappa shape index (κ1) is 27.6. The summed E-state index contributed by atoms with van der Waals surface area (Å²) < 4.78 is 38.5. The Morgan fingerprint density at radius 1 is 1.05 bits per heavy atom. The molecule has 214 valence electrons. The van der Waals surface area contributed by atoms with Gasteiger partial charge in [-0.05, 0) is 60.0 Å². The van der Waals surface area contributed by atoms with Gasteiger partial charge in [0.2, 0.25) is 5.88 Å². The van der Waals surface area contributed by atoms with Crippen molar-refractivity contribution in [2.24, 2.45) is 0 Å². The highest BCUT2D eigenvalue weighted by molar-refractivity contribution is 6.30. The van der Waals surface area contributed by atoms with Gasteiger partial charge in [-0.15, -0.1) is 0 Å². The van der Waals surface area contributed by atoms with Gasteiger partial charge in [-0.3, -0.25) is 0 Å². The molecule has 1 aliphatic rings. The van der Waals surface area contributed by atoms with Crippen LogP contribution in [-0.4, -0.2) is 45.3 Å². The van der Waals surface area contributed by atoms with E-state index in [1.807, 2.05) is 41.0 Å². The molecule has 0 aliphatic carbocycles. The number of esters is 1. The van der Waals surface area contributed by atoms with Crippen LogP contribution in [0.25, 0.3) is 22.3 Å². The molecular formula is C31H26ClFN4O5. The third kappa shape index (κ3) is 6.05. The van der Waals surface area contributed by atoms with Crippen LogP contribution in [-0.2, 0) is 29.2 Å². The summed E-state index contributed by atoms with van der Waals surface area (Å²) in [6.45, 7) is 1.45. The first-order valence-electron chi connectivity index (χ1n) is 13.3.